The number of nitriles is 1. The minimum absolute atomic E-state index is 0.440. The molecular weight excluding hydrogens is 172 g/mol. The summed E-state index contributed by atoms with van der Waals surface area (Å²) in [5.41, 5.74) is 0. The molecule has 0 N–H and O–H groups in total. The van der Waals surface area contributed by atoms with Gasteiger partial charge < -0.3 is 0 Å². The zero-order chi connectivity index (χ0) is 9.68. The van der Waals surface area contributed by atoms with Crippen LogP contribution in [0.25, 0.3) is 0 Å². The highest BCUT2D eigenvalue weighted by molar-refractivity contribution is 5.05. The lowest BCUT2D eigenvalue weighted by Gasteiger charge is -1.85. The summed E-state index contributed by atoms with van der Waals surface area (Å²) in [6, 6.07) is 7.18. The van der Waals surface area contributed by atoms with Crippen LogP contribution in [0.1, 0.15) is 12.8 Å². The summed E-state index contributed by atoms with van der Waals surface area (Å²) in [5, 5.41) is 7.96. The third-order valence-corrected chi connectivity index (χ3v) is 1.58. The molecule has 13 heavy (non-hydrogen) atoms. The maximum atomic E-state index is 11.9. The molecule has 0 saturated heterocycles. The van der Waals surface area contributed by atoms with Crippen molar-refractivity contribution < 1.29 is 8.78 Å². The van der Waals surface area contributed by atoms with E-state index < -0.39 is 11.6 Å². The van der Waals surface area contributed by atoms with Crippen molar-refractivity contribution in [3.63, 3.8) is 0 Å². The van der Waals surface area contributed by atoms with Gasteiger partial charge in [-0.15, -0.1) is 0 Å². The number of hydrogen-bond donors (Lipinski definition) is 0. The molecule has 0 heterocycles. The second kappa shape index (κ2) is 4.56. The van der Waals surface area contributed by atoms with Crippen molar-refractivity contribution in [1.82, 2.24) is 0 Å². The van der Waals surface area contributed by atoms with Gasteiger partial charge >= 0.3 is 0 Å². The lowest BCUT2D eigenvalue weighted by Crippen LogP contribution is -1.77. The highest BCUT2D eigenvalue weighted by Crippen LogP contribution is 2.26. The first-order valence-corrected chi connectivity index (χ1v) is 4.03. The summed E-state index contributed by atoms with van der Waals surface area (Å²) in [5.74, 6) is -1.16. The Balaban J connectivity index is 0.000000145. The third kappa shape index (κ3) is 3.66. The Morgan fingerprint density at radius 1 is 1.15 bits per heavy atom. The molecule has 1 nitrogen and oxygen atoms in total. The lowest BCUT2D eigenvalue weighted by molar-refractivity contribution is 0.508. The van der Waals surface area contributed by atoms with Crippen LogP contribution in [0.15, 0.2) is 24.3 Å². The summed E-state index contributed by atoms with van der Waals surface area (Å²) in [6.07, 6.45) is 2.30. The molecule has 1 fully saturated rings. The Morgan fingerprint density at radius 3 is 1.77 bits per heavy atom. The van der Waals surface area contributed by atoms with Gasteiger partial charge in [-0.1, -0.05) is 12.1 Å². The lowest BCUT2D eigenvalue weighted by atomic mass is 10.3. The average Bonchev–Trinajstić information content (AvgIpc) is 2.94. The number of rotatable bonds is 0. The molecular formula is C10H9F2N. The van der Waals surface area contributed by atoms with Crippen molar-refractivity contribution in [2.75, 3.05) is 0 Å². The molecule has 0 amide bonds. The van der Waals surface area contributed by atoms with Crippen molar-refractivity contribution in [2.45, 2.75) is 12.8 Å². The van der Waals surface area contributed by atoms with E-state index in [0.717, 1.165) is 25.0 Å². The van der Waals surface area contributed by atoms with Crippen molar-refractivity contribution in [1.29, 1.82) is 5.26 Å². The van der Waals surface area contributed by atoms with Gasteiger partial charge in [0.15, 0.2) is 11.6 Å². The predicted octanol–water partition coefficient (Wildman–Crippen LogP) is 2.88. The smallest absolute Gasteiger partial charge is 0.158 e. The molecule has 0 spiro atoms. The summed E-state index contributed by atoms with van der Waals surface area (Å²) in [6.45, 7) is 0. The van der Waals surface area contributed by atoms with Gasteiger partial charge in [-0.25, -0.2) is 8.78 Å². The fourth-order valence-corrected chi connectivity index (χ4v) is 0.652. The van der Waals surface area contributed by atoms with E-state index in [1.54, 1.807) is 0 Å². The molecule has 0 atom stereocenters. The van der Waals surface area contributed by atoms with Crippen LogP contribution in [0.3, 0.4) is 0 Å². The monoisotopic (exact) mass is 181 g/mol. The molecule has 1 aromatic rings. The molecule has 0 radical (unpaired) electrons. The average molecular weight is 181 g/mol. The SMILES string of the molecule is Fc1ccccc1F.N#CC1CC1. The van der Waals surface area contributed by atoms with Gasteiger partial charge in [-0.2, -0.15) is 5.26 Å². The van der Waals surface area contributed by atoms with Crippen molar-refractivity contribution in [3.05, 3.63) is 35.9 Å². The van der Waals surface area contributed by atoms with E-state index in [9.17, 15) is 8.78 Å². The Labute approximate surface area is 75.6 Å². The topological polar surface area (TPSA) is 23.8 Å². The fraction of sp³-hybridized carbons (Fsp3) is 0.300. The number of halogens is 2. The van der Waals surface area contributed by atoms with Gasteiger partial charge in [-0.05, 0) is 25.0 Å². The van der Waals surface area contributed by atoms with Crippen LogP contribution in [-0.2, 0) is 0 Å². The van der Waals surface area contributed by atoms with Crippen LogP contribution in [-0.4, -0.2) is 0 Å². The van der Waals surface area contributed by atoms with Gasteiger partial charge in [0.05, 0.1) is 6.07 Å². The van der Waals surface area contributed by atoms with Gasteiger partial charge in [0.2, 0.25) is 0 Å². The van der Waals surface area contributed by atoms with E-state index >= 15 is 0 Å². The third-order valence-electron chi connectivity index (χ3n) is 1.58. The van der Waals surface area contributed by atoms with Crippen molar-refractivity contribution in [3.8, 4) is 6.07 Å². The number of benzene rings is 1. The molecule has 0 aromatic heterocycles. The molecule has 1 aliphatic rings. The highest BCUT2D eigenvalue weighted by Gasteiger charge is 2.19. The van der Waals surface area contributed by atoms with E-state index in [0.29, 0.717) is 5.92 Å². The summed E-state index contributed by atoms with van der Waals surface area (Å²) in [7, 11) is 0. The van der Waals surface area contributed by atoms with E-state index in [1.165, 1.54) is 12.1 Å². The van der Waals surface area contributed by atoms with Gasteiger partial charge in [0.25, 0.3) is 0 Å². The quantitative estimate of drug-likeness (QED) is 0.603. The number of hydrogen-bond acceptors (Lipinski definition) is 1. The first-order chi connectivity index (χ1) is 6.24. The van der Waals surface area contributed by atoms with Gasteiger partial charge in [0.1, 0.15) is 0 Å². The normalized spacial score (nSPS) is 13.9. The van der Waals surface area contributed by atoms with E-state index in [4.69, 9.17) is 5.26 Å². The highest BCUT2D eigenvalue weighted by atomic mass is 19.2. The van der Waals surface area contributed by atoms with Gasteiger partial charge in [0, 0.05) is 5.92 Å². The van der Waals surface area contributed by atoms with E-state index in [2.05, 4.69) is 6.07 Å². The van der Waals surface area contributed by atoms with Crippen molar-refractivity contribution in [2.24, 2.45) is 5.92 Å². The molecule has 68 valence electrons. The maximum absolute atomic E-state index is 11.9. The fourth-order valence-electron chi connectivity index (χ4n) is 0.652. The molecule has 1 aromatic carbocycles. The molecule has 1 saturated carbocycles. The molecule has 3 heteroatoms. The molecule has 0 bridgehead atoms. The molecule has 2 rings (SSSR count). The largest absolute Gasteiger partial charge is 0.204 e. The first-order valence-electron chi connectivity index (χ1n) is 4.03. The molecule has 0 aliphatic heterocycles. The minimum atomic E-state index is -0.799. The Bertz CT molecular complexity index is 292. The first kappa shape index (κ1) is 9.66. The second-order valence-electron chi connectivity index (χ2n) is 2.82. The van der Waals surface area contributed by atoms with Crippen LogP contribution < -0.4 is 0 Å². The zero-order valence-corrected chi connectivity index (χ0v) is 7.00. The Morgan fingerprint density at radius 2 is 1.62 bits per heavy atom. The summed E-state index contributed by atoms with van der Waals surface area (Å²) < 4.78 is 23.9. The Kier molecular flexibility index (Phi) is 3.39. The predicted molar refractivity (Wildman–Crippen MR) is 44.7 cm³/mol. The minimum Gasteiger partial charge on any atom is -0.204 e. The van der Waals surface area contributed by atoms with Crippen LogP contribution in [0.5, 0.6) is 0 Å². The standard InChI is InChI=1S/C6H4F2.C4H5N/c7-5-3-1-2-4-6(5)8;5-3-4-1-2-4/h1-4H;4H,1-2H2. The van der Waals surface area contributed by atoms with Gasteiger partial charge in [-0.3, -0.25) is 0 Å². The van der Waals surface area contributed by atoms with Crippen LogP contribution >= 0.6 is 0 Å². The maximum Gasteiger partial charge on any atom is 0.158 e. The summed E-state index contributed by atoms with van der Waals surface area (Å²) >= 11 is 0. The summed E-state index contributed by atoms with van der Waals surface area (Å²) in [4.78, 5) is 0. The van der Waals surface area contributed by atoms with E-state index in [-0.39, 0.29) is 0 Å². The van der Waals surface area contributed by atoms with E-state index in [1.807, 2.05) is 0 Å². The molecule has 1 aliphatic carbocycles. The van der Waals surface area contributed by atoms with Crippen LogP contribution in [0.4, 0.5) is 8.78 Å². The number of nitrogens with zero attached hydrogens (tertiary/aromatic N) is 1. The van der Waals surface area contributed by atoms with Crippen molar-refractivity contribution >= 4 is 0 Å². The van der Waals surface area contributed by atoms with Crippen LogP contribution in [0.2, 0.25) is 0 Å². The molecule has 0 unspecified atom stereocenters. The zero-order valence-electron chi connectivity index (χ0n) is 7.00. The Hall–Kier alpha value is -1.43. The second-order valence-corrected chi connectivity index (χ2v) is 2.82. The van der Waals surface area contributed by atoms with Crippen LogP contribution in [0, 0.1) is 28.9 Å².